The van der Waals surface area contributed by atoms with Gasteiger partial charge in [-0.2, -0.15) is 0 Å². The third-order valence-electron chi connectivity index (χ3n) is 1.76. The molecule has 0 aromatic rings. The van der Waals surface area contributed by atoms with Crippen molar-refractivity contribution in [2.75, 3.05) is 26.8 Å². The minimum absolute atomic E-state index is 0.787. The quantitative estimate of drug-likeness (QED) is 0.460. The van der Waals surface area contributed by atoms with Crippen molar-refractivity contribution < 1.29 is 4.74 Å². The molecule has 0 bridgehead atoms. The van der Waals surface area contributed by atoms with E-state index in [1.807, 2.05) is 6.08 Å². The number of allylic oxidation sites excluding steroid dienone is 2. The van der Waals surface area contributed by atoms with Crippen LogP contribution in [0.3, 0.4) is 0 Å². The summed E-state index contributed by atoms with van der Waals surface area (Å²) in [7, 11) is 1.72. The van der Waals surface area contributed by atoms with E-state index in [1.54, 1.807) is 7.11 Å². The summed E-state index contributed by atoms with van der Waals surface area (Å²) >= 11 is 0. The van der Waals surface area contributed by atoms with Crippen molar-refractivity contribution >= 4 is 0 Å². The molecule has 1 N–H and O–H groups in total. The molecule has 0 unspecified atom stereocenters. The second-order valence-corrected chi connectivity index (χ2v) is 3.07. The van der Waals surface area contributed by atoms with E-state index in [-0.39, 0.29) is 0 Å². The molecular formula is C11H21NO. The van der Waals surface area contributed by atoms with Gasteiger partial charge in [-0.1, -0.05) is 17.7 Å². The van der Waals surface area contributed by atoms with Gasteiger partial charge in [0.25, 0.3) is 0 Å². The molecular weight excluding hydrogens is 162 g/mol. The molecule has 0 fully saturated rings. The first kappa shape index (κ1) is 12.4. The van der Waals surface area contributed by atoms with Gasteiger partial charge in [-0.15, -0.1) is 6.58 Å². The van der Waals surface area contributed by atoms with E-state index >= 15 is 0 Å². The van der Waals surface area contributed by atoms with Gasteiger partial charge in [-0.3, -0.25) is 0 Å². The zero-order valence-corrected chi connectivity index (χ0v) is 8.81. The molecule has 13 heavy (non-hydrogen) atoms. The lowest BCUT2D eigenvalue weighted by atomic mass is 10.2. The highest BCUT2D eigenvalue weighted by atomic mass is 16.5. The number of hydrogen-bond donors (Lipinski definition) is 1. The van der Waals surface area contributed by atoms with E-state index in [2.05, 4.69) is 24.9 Å². The molecule has 0 aromatic carbocycles. The van der Waals surface area contributed by atoms with Crippen molar-refractivity contribution in [3.05, 3.63) is 24.3 Å². The van der Waals surface area contributed by atoms with Gasteiger partial charge >= 0.3 is 0 Å². The predicted molar refractivity (Wildman–Crippen MR) is 57.9 cm³/mol. The van der Waals surface area contributed by atoms with Crippen LogP contribution in [0.5, 0.6) is 0 Å². The Kier molecular flexibility index (Phi) is 9.05. The first-order chi connectivity index (χ1) is 6.31. The highest BCUT2D eigenvalue weighted by Gasteiger charge is 1.86. The normalized spacial score (nSPS) is 11.7. The third kappa shape index (κ3) is 9.31. The first-order valence-corrected chi connectivity index (χ1v) is 4.77. The number of rotatable bonds is 8. The van der Waals surface area contributed by atoms with Crippen LogP contribution in [-0.4, -0.2) is 26.8 Å². The molecule has 76 valence electrons. The molecule has 0 heterocycles. The van der Waals surface area contributed by atoms with E-state index in [9.17, 15) is 0 Å². The van der Waals surface area contributed by atoms with Crippen LogP contribution in [0.15, 0.2) is 24.3 Å². The maximum absolute atomic E-state index is 4.92. The van der Waals surface area contributed by atoms with E-state index in [1.165, 1.54) is 5.57 Å². The standard InChI is InChI=1S/C11H21NO/c1-4-6-11(2)7-5-8-12-9-10-13-3/h4,7,12H,1,5-6,8-10H2,2-3H3. The van der Waals surface area contributed by atoms with E-state index in [0.717, 1.165) is 32.5 Å². The summed E-state index contributed by atoms with van der Waals surface area (Å²) in [5.74, 6) is 0. The highest BCUT2D eigenvalue weighted by molar-refractivity contribution is 5.02. The monoisotopic (exact) mass is 183 g/mol. The van der Waals surface area contributed by atoms with Crippen molar-refractivity contribution in [1.29, 1.82) is 0 Å². The molecule has 2 nitrogen and oxygen atoms in total. The van der Waals surface area contributed by atoms with E-state index in [4.69, 9.17) is 4.74 Å². The Morgan fingerprint density at radius 3 is 2.85 bits per heavy atom. The minimum atomic E-state index is 0.787. The van der Waals surface area contributed by atoms with Crippen molar-refractivity contribution in [1.82, 2.24) is 5.32 Å². The Morgan fingerprint density at radius 1 is 1.46 bits per heavy atom. The van der Waals surface area contributed by atoms with Gasteiger partial charge in [0.15, 0.2) is 0 Å². The van der Waals surface area contributed by atoms with Crippen molar-refractivity contribution in [3.63, 3.8) is 0 Å². The van der Waals surface area contributed by atoms with Crippen molar-refractivity contribution in [3.8, 4) is 0 Å². The molecule has 0 saturated carbocycles. The lowest BCUT2D eigenvalue weighted by Crippen LogP contribution is -2.19. The van der Waals surface area contributed by atoms with Crippen molar-refractivity contribution in [2.24, 2.45) is 0 Å². The Hall–Kier alpha value is -0.600. The molecule has 0 aliphatic heterocycles. The summed E-state index contributed by atoms with van der Waals surface area (Å²) in [5, 5.41) is 3.29. The van der Waals surface area contributed by atoms with E-state index < -0.39 is 0 Å². The van der Waals surface area contributed by atoms with Crippen LogP contribution < -0.4 is 5.32 Å². The Morgan fingerprint density at radius 2 is 2.23 bits per heavy atom. The van der Waals surface area contributed by atoms with Gasteiger partial charge in [0.05, 0.1) is 6.61 Å². The van der Waals surface area contributed by atoms with Crippen LogP contribution in [0, 0.1) is 0 Å². The van der Waals surface area contributed by atoms with Gasteiger partial charge in [0, 0.05) is 13.7 Å². The number of methoxy groups -OCH3 is 1. The molecule has 0 saturated heterocycles. The van der Waals surface area contributed by atoms with E-state index in [0.29, 0.717) is 0 Å². The second-order valence-electron chi connectivity index (χ2n) is 3.07. The zero-order valence-electron chi connectivity index (χ0n) is 8.81. The fraction of sp³-hybridized carbons (Fsp3) is 0.636. The molecule has 0 aliphatic carbocycles. The maximum Gasteiger partial charge on any atom is 0.0587 e. The second kappa shape index (κ2) is 9.49. The lowest BCUT2D eigenvalue weighted by molar-refractivity contribution is 0.199. The van der Waals surface area contributed by atoms with Gasteiger partial charge in [-0.05, 0) is 26.3 Å². The summed E-state index contributed by atoms with van der Waals surface area (Å²) in [6, 6.07) is 0. The average molecular weight is 183 g/mol. The number of ether oxygens (including phenoxy) is 1. The summed E-state index contributed by atoms with van der Waals surface area (Å²) in [5.41, 5.74) is 1.39. The summed E-state index contributed by atoms with van der Waals surface area (Å²) in [6.07, 6.45) is 6.27. The van der Waals surface area contributed by atoms with Crippen molar-refractivity contribution in [2.45, 2.75) is 19.8 Å². The number of nitrogens with one attached hydrogen (secondary N) is 1. The SMILES string of the molecule is C=CCC(C)=CCCNCCOC. The average Bonchev–Trinajstić information content (AvgIpc) is 2.11. The molecule has 0 amide bonds. The van der Waals surface area contributed by atoms with Gasteiger partial charge < -0.3 is 10.1 Å². The third-order valence-corrected chi connectivity index (χ3v) is 1.76. The Bertz CT molecular complexity index is 152. The molecule has 0 spiro atoms. The van der Waals surface area contributed by atoms with Crippen LogP contribution in [-0.2, 0) is 4.74 Å². The summed E-state index contributed by atoms with van der Waals surface area (Å²) in [4.78, 5) is 0. The molecule has 0 radical (unpaired) electrons. The minimum Gasteiger partial charge on any atom is -0.383 e. The lowest BCUT2D eigenvalue weighted by Gasteiger charge is -2.01. The smallest absolute Gasteiger partial charge is 0.0587 e. The number of hydrogen-bond acceptors (Lipinski definition) is 2. The first-order valence-electron chi connectivity index (χ1n) is 4.77. The van der Waals surface area contributed by atoms with Crippen LogP contribution in [0.25, 0.3) is 0 Å². The predicted octanol–water partition coefficient (Wildman–Crippen LogP) is 2.13. The largest absolute Gasteiger partial charge is 0.383 e. The highest BCUT2D eigenvalue weighted by Crippen LogP contribution is 2.00. The molecule has 0 aliphatic rings. The van der Waals surface area contributed by atoms with Gasteiger partial charge in [-0.25, -0.2) is 0 Å². The fourth-order valence-electron chi connectivity index (χ4n) is 1.03. The van der Waals surface area contributed by atoms with Crippen LogP contribution >= 0.6 is 0 Å². The Labute approximate surface area is 81.7 Å². The fourth-order valence-corrected chi connectivity index (χ4v) is 1.03. The molecule has 0 rings (SSSR count). The van der Waals surface area contributed by atoms with Crippen LogP contribution in [0.1, 0.15) is 19.8 Å². The summed E-state index contributed by atoms with van der Waals surface area (Å²) < 4.78 is 4.92. The summed E-state index contributed by atoms with van der Waals surface area (Å²) in [6.45, 7) is 8.58. The molecule has 0 atom stereocenters. The molecule has 0 aromatic heterocycles. The molecule has 2 heteroatoms. The van der Waals surface area contributed by atoms with Gasteiger partial charge in [0.1, 0.15) is 0 Å². The maximum atomic E-state index is 4.92. The Balaban J connectivity index is 3.22. The van der Waals surface area contributed by atoms with Crippen LogP contribution in [0.4, 0.5) is 0 Å². The zero-order chi connectivity index (χ0) is 9.94. The topological polar surface area (TPSA) is 21.3 Å². The van der Waals surface area contributed by atoms with Gasteiger partial charge in [0.2, 0.25) is 0 Å². The van der Waals surface area contributed by atoms with Crippen LogP contribution in [0.2, 0.25) is 0 Å².